The molecule has 124 valence electrons. The SMILES string of the molecule is COc1cc(CNCCN(C)C)ccc1OCc1ccccc1. The van der Waals surface area contributed by atoms with Crippen LogP contribution in [-0.4, -0.2) is 39.2 Å². The van der Waals surface area contributed by atoms with E-state index in [1.807, 2.05) is 30.3 Å². The van der Waals surface area contributed by atoms with E-state index in [1.54, 1.807) is 7.11 Å². The zero-order valence-corrected chi connectivity index (χ0v) is 14.2. The fourth-order valence-electron chi connectivity index (χ4n) is 2.21. The molecule has 0 unspecified atom stereocenters. The molecule has 1 N–H and O–H groups in total. The summed E-state index contributed by atoms with van der Waals surface area (Å²) in [5, 5.41) is 3.42. The number of ether oxygens (including phenoxy) is 2. The van der Waals surface area contributed by atoms with E-state index in [2.05, 4.69) is 42.5 Å². The molecule has 0 aromatic heterocycles. The Morgan fingerprint density at radius 3 is 2.43 bits per heavy atom. The molecule has 0 aliphatic carbocycles. The molecule has 23 heavy (non-hydrogen) atoms. The third kappa shape index (κ3) is 5.93. The Morgan fingerprint density at radius 1 is 0.957 bits per heavy atom. The molecule has 0 aliphatic heterocycles. The van der Waals surface area contributed by atoms with Crippen molar-refractivity contribution in [3.05, 3.63) is 59.7 Å². The van der Waals surface area contributed by atoms with E-state index in [0.29, 0.717) is 6.61 Å². The quantitative estimate of drug-likeness (QED) is 0.722. The van der Waals surface area contributed by atoms with Gasteiger partial charge in [0.05, 0.1) is 7.11 Å². The maximum atomic E-state index is 5.87. The molecule has 4 nitrogen and oxygen atoms in total. The highest BCUT2D eigenvalue weighted by Crippen LogP contribution is 2.28. The lowest BCUT2D eigenvalue weighted by Crippen LogP contribution is -2.26. The van der Waals surface area contributed by atoms with Gasteiger partial charge in [0.25, 0.3) is 0 Å². The van der Waals surface area contributed by atoms with E-state index < -0.39 is 0 Å². The average Bonchev–Trinajstić information content (AvgIpc) is 2.58. The van der Waals surface area contributed by atoms with Crippen molar-refractivity contribution in [2.45, 2.75) is 13.2 Å². The van der Waals surface area contributed by atoms with Gasteiger partial charge < -0.3 is 19.7 Å². The Labute approximate surface area is 139 Å². The van der Waals surface area contributed by atoms with Crippen molar-refractivity contribution in [1.82, 2.24) is 10.2 Å². The van der Waals surface area contributed by atoms with E-state index in [0.717, 1.165) is 36.7 Å². The first-order valence-electron chi connectivity index (χ1n) is 7.88. The van der Waals surface area contributed by atoms with Gasteiger partial charge in [0.2, 0.25) is 0 Å². The molecule has 0 aliphatic rings. The highest BCUT2D eigenvalue weighted by Gasteiger charge is 2.06. The predicted molar refractivity (Wildman–Crippen MR) is 94.0 cm³/mol. The van der Waals surface area contributed by atoms with Gasteiger partial charge in [-0.25, -0.2) is 0 Å². The number of rotatable bonds is 9. The topological polar surface area (TPSA) is 33.7 Å². The number of methoxy groups -OCH3 is 1. The summed E-state index contributed by atoms with van der Waals surface area (Å²) in [5.74, 6) is 1.54. The minimum Gasteiger partial charge on any atom is -0.493 e. The highest BCUT2D eigenvalue weighted by molar-refractivity contribution is 5.43. The third-order valence-corrected chi connectivity index (χ3v) is 3.53. The summed E-state index contributed by atoms with van der Waals surface area (Å²) in [6, 6.07) is 16.2. The molecule has 0 amide bonds. The van der Waals surface area contributed by atoms with Gasteiger partial charge in [-0.1, -0.05) is 36.4 Å². The summed E-state index contributed by atoms with van der Waals surface area (Å²) < 4.78 is 11.3. The van der Waals surface area contributed by atoms with E-state index in [-0.39, 0.29) is 0 Å². The van der Waals surface area contributed by atoms with Crippen LogP contribution in [-0.2, 0) is 13.2 Å². The van der Waals surface area contributed by atoms with Crippen LogP contribution in [0, 0.1) is 0 Å². The number of hydrogen-bond donors (Lipinski definition) is 1. The van der Waals surface area contributed by atoms with Crippen LogP contribution in [0.3, 0.4) is 0 Å². The zero-order chi connectivity index (χ0) is 16.5. The van der Waals surface area contributed by atoms with Crippen LogP contribution < -0.4 is 14.8 Å². The van der Waals surface area contributed by atoms with Crippen molar-refractivity contribution >= 4 is 0 Å². The summed E-state index contributed by atoms with van der Waals surface area (Å²) in [4.78, 5) is 2.16. The van der Waals surface area contributed by atoms with Crippen molar-refractivity contribution in [1.29, 1.82) is 0 Å². The van der Waals surface area contributed by atoms with Crippen LogP contribution in [0.4, 0.5) is 0 Å². The summed E-state index contributed by atoms with van der Waals surface area (Å²) in [5.41, 5.74) is 2.33. The van der Waals surface area contributed by atoms with E-state index in [9.17, 15) is 0 Å². The molecule has 4 heteroatoms. The van der Waals surface area contributed by atoms with Crippen molar-refractivity contribution in [2.24, 2.45) is 0 Å². The molecule has 0 fully saturated rings. The van der Waals surface area contributed by atoms with Gasteiger partial charge in [-0.05, 0) is 37.4 Å². The smallest absolute Gasteiger partial charge is 0.161 e. The molecule has 2 aromatic carbocycles. The molecule has 0 saturated heterocycles. The summed E-state index contributed by atoms with van der Waals surface area (Å²) in [6.45, 7) is 3.35. The molecule has 2 aromatic rings. The Hall–Kier alpha value is -2.04. The molecule has 0 heterocycles. The largest absolute Gasteiger partial charge is 0.493 e. The maximum absolute atomic E-state index is 5.87. The number of hydrogen-bond acceptors (Lipinski definition) is 4. The van der Waals surface area contributed by atoms with Gasteiger partial charge >= 0.3 is 0 Å². The van der Waals surface area contributed by atoms with Crippen molar-refractivity contribution in [3.8, 4) is 11.5 Å². The lowest BCUT2D eigenvalue weighted by Gasteiger charge is -2.13. The minimum absolute atomic E-state index is 0.539. The average molecular weight is 314 g/mol. The first-order chi connectivity index (χ1) is 11.2. The number of likely N-dealkylation sites (N-methyl/N-ethyl adjacent to an activating group) is 1. The highest BCUT2D eigenvalue weighted by atomic mass is 16.5. The lowest BCUT2D eigenvalue weighted by molar-refractivity contribution is 0.284. The van der Waals surface area contributed by atoms with Crippen LogP contribution in [0.15, 0.2) is 48.5 Å². The van der Waals surface area contributed by atoms with Gasteiger partial charge in [0, 0.05) is 19.6 Å². The summed E-state index contributed by atoms with van der Waals surface area (Å²) >= 11 is 0. The first kappa shape index (κ1) is 17.3. The zero-order valence-electron chi connectivity index (χ0n) is 14.2. The molecular formula is C19H26N2O2. The van der Waals surface area contributed by atoms with Gasteiger partial charge in [-0.15, -0.1) is 0 Å². The Kier molecular flexibility index (Phi) is 6.91. The third-order valence-electron chi connectivity index (χ3n) is 3.53. The minimum atomic E-state index is 0.539. The Morgan fingerprint density at radius 2 is 1.74 bits per heavy atom. The monoisotopic (exact) mass is 314 g/mol. The molecule has 0 bridgehead atoms. The molecule has 2 rings (SSSR count). The Balaban J connectivity index is 1.91. The Bertz CT molecular complexity index is 585. The summed E-state index contributed by atoms with van der Waals surface area (Å²) in [6.07, 6.45) is 0. The second-order valence-electron chi connectivity index (χ2n) is 5.74. The molecule has 0 saturated carbocycles. The van der Waals surface area contributed by atoms with Gasteiger partial charge in [-0.3, -0.25) is 0 Å². The van der Waals surface area contributed by atoms with E-state index in [4.69, 9.17) is 9.47 Å². The lowest BCUT2D eigenvalue weighted by atomic mass is 10.2. The second kappa shape index (κ2) is 9.18. The molecule has 0 spiro atoms. The van der Waals surface area contributed by atoms with Crippen LogP contribution in [0.5, 0.6) is 11.5 Å². The van der Waals surface area contributed by atoms with Crippen LogP contribution in [0.25, 0.3) is 0 Å². The van der Waals surface area contributed by atoms with Gasteiger partial charge in [0.1, 0.15) is 6.61 Å². The predicted octanol–water partition coefficient (Wildman–Crippen LogP) is 2.93. The molecule has 0 atom stereocenters. The van der Waals surface area contributed by atoms with E-state index in [1.165, 1.54) is 5.56 Å². The number of benzene rings is 2. The van der Waals surface area contributed by atoms with Crippen LogP contribution >= 0.6 is 0 Å². The van der Waals surface area contributed by atoms with Crippen molar-refractivity contribution in [3.63, 3.8) is 0 Å². The van der Waals surface area contributed by atoms with Crippen LogP contribution in [0.2, 0.25) is 0 Å². The number of nitrogens with one attached hydrogen (secondary N) is 1. The number of nitrogens with zero attached hydrogens (tertiary/aromatic N) is 1. The molecular weight excluding hydrogens is 288 g/mol. The fourth-order valence-corrected chi connectivity index (χ4v) is 2.21. The fraction of sp³-hybridized carbons (Fsp3) is 0.368. The van der Waals surface area contributed by atoms with Crippen LogP contribution in [0.1, 0.15) is 11.1 Å². The van der Waals surface area contributed by atoms with Crippen molar-refractivity contribution < 1.29 is 9.47 Å². The normalized spacial score (nSPS) is 10.8. The molecule has 0 radical (unpaired) electrons. The first-order valence-corrected chi connectivity index (χ1v) is 7.88. The van der Waals surface area contributed by atoms with Crippen molar-refractivity contribution in [2.75, 3.05) is 34.3 Å². The van der Waals surface area contributed by atoms with E-state index >= 15 is 0 Å². The van der Waals surface area contributed by atoms with Gasteiger partial charge in [0.15, 0.2) is 11.5 Å². The van der Waals surface area contributed by atoms with Gasteiger partial charge in [-0.2, -0.15) is 0 Å². The summed E-state index contributed by atoms with van der Waals surface area (Å²) in [7, 11) is 5.82. The second-order valence-corrected chi connectivity index (χ2v) is 5.74. The maximum Gasteiger partial charge on any atom is 0.161 e. The standard InChI is InChI=1S/C19H26N2O2/c1-21(2)12-11-20-14-17-9-10-18(19(13-17)22-3)23-15-16-7-5-4-6-8-16/h4-10,13,20H,11-12,14-15H2,1-3H3.